The monoisotopic (exact) mass is 272 g/mol. The van der Waals surface area contributed by atoms with Gasteiger partial charge in [-0.25, -0.2) is 0 Å². The minimum atomic E-state index is -0.586. The van der Waals surface area contributed by atoms with Gasteiger partial charge in [0.2, 0.25) is 5.88 Å². The summed E-state index contributed by atoms with van der Waals surface area (Å²) in [6.45, 7) is 5.18. The Kier molecular flexibility index (Phi) is 3.08. The van der Waals surface area contributed by atoms with Gasteiger partial charge in [-0.05, 0) is 18.6 Å². The molecule has 0 atom stereocenters. The second kappa shape index (κ2) is 4.59. The lowest BCUT2D eigenvalue weighted by atomic mass is 10.0. The van der Waals surface area contributed by atoms with Crippen LogP contribution in [0.2, 0.25) is 0 Å². The fourth-order valence-electron chi connectivity index (χ4n) is 1.91. The van der Waals surface area contributed by atoms with Crippen molar-refractivity contribution in [3.05, 3.63) is 48.0 Å². The Hall–Kier alpha value is -3.01. The predicted octanol–water partition coefficient (Wildman–Crippen LogP) is -1.47. The van der Waals surface area contributed by atoms with Gasteiger partial charge in [0.05, 0.1) is 10.6 Å². The minimum Gasteiger partial charge on any atom is -0.494 e. The quantitative estimate of drug-likeness (QED) is 0.587. The van der Waals surface area contributed by atoms with Crippen LogP contribution in [0.5, 0.6) is 5.88 Å². The van der Waals surface area contributed by atoms with E-state index in [1.54, 1.807) is 6.07 Å². The highest BCUT2D eigenvalue weighted by Crippen LogP contribution is 2.20. The molecular formula is C13H12N4O3. The van der Waals surface area contributed by atoms with Crippen molar-refractivity contribution in [2.45, 2.75) is 6.92 Å². The van der Waals surface area contributed by atoms with Crippen molar-refractivity contribution in [1.29, 1.82) is 5.26 Å². The Morgan fingerprint density at radius 2 is 2.05 bits per heavy atom. The molecule has 2 aromatic rings. The second-order valence-electron chi connectivity index (χ2n) is 4.33. The van der Waals surface area contributed by atoms with E-state index in [1.165, 1.54) is 20.0 Å². The zero-order chi connectivity index (χ0) is 15.0. The molecule has 20 heavy (non-hydrogen) atoms. The third-order valence-corrected chi connectivity index (χ3v) is 3.15. The third kappa shape index (κ3) is 1.83. The standard InChI is InChI=1S/C13H12N4O3/c1-6-8(4-9-7(2)15-16-11(9)18)12(19)17(3)13(20)10(6)5-14/h4,15,19H,2H2,1,3H3,(H,16,18). The van der Waals surface area contributed by atoms with Crippen molar-refractivity contribution in [2.24, 2.45) is 7.05 Å². The molecule has 7 heteroatoms. The zero-order valence-corrected chi connectivity index (χ0v) is 10.9. The lowest BCUT2D eigenvalue weighted by Crippen LogP contribution is -2.32. The molecule has 2 heterocycles. The van der Waals surface area contributed by atoms with Crippen LogP contribution in [0.15, 0.2) is 9.59 Å². The van der Waals surface area contributed by atoms with Gasteiger partial charge in [-0.15, -0.1) is 0 Å². The summed E-state index contributed by atoms with van der Waals surface area (Å²) < 4.78 is 0.959. The molecule has 7 nitrogen and oxygen atoms in total. The van der Waals surface area contributed by atoms with Crippen LogP contribution in [0, 0.1) is 18.3 Å². The summed E-state index contributed by atoms with van der Waals surface area (Å²) in [5.41, 5.74) is -0.514. The van der Waals surface area contributed by atoms with E-state index in [2.05, 4.69) is 16.8 Å². The first-order valence-corrected chi connectivity index (χ1v) is 5.68. The van der Waals surface area contributed by atoms with E-state index in [4.69, 9.17) is 5.26 Å². The number of nitrogens with zero attached hydrogens (tertiary/aromatic N) is 2. The van der Waals surface area contributed by atoms with Crippen LogP contribution in [0.1, 0.15) is 16.7 Å². The highest BCUT2D eigenvalue weighted by molar-refractivity contribution is 5.61. The Morgan fingerprint density at radius 3 is 2.55 bits per heavy atom. The van der Waals surface area contributed by atoms with Crippen molar-refractivity contribution in [3.63, 3.8) is 0 Å². The van der Waals surface area contributed by atoms with Crippen molar-refractivity contribution in [1.82, 2.24) is 14.8 Å². The molecule has 0 spiro atoms. The van der Waals surface area contributed by atoms with Gasteiger partial charge in [-0.1, -0.05) is 6.58 Å². The van der Waals surface area contributed by atoms with Gasteiger partial charge in [0, 0.05) is 12.6 Å². The number of nitriles is 1. The fourth-order valence-corrected chi connectivity index (χ4v) is 1.91. The molecule has 0 bridgehead atoms. The SMILES string of the molecule is C=c1[nH][nH]c(=O)c1=Cc1c(C)c(C#N)c(=O)n(C)c1O. The number of nitrogens with one attached hydrogen (secondary N) is 2. The summed E-state index contributed by atoms with van der Waals surface area (Å²) in [4.78, 5) is 23.4. The number of aromatic amines is 2. The summed E-state index contributed by atoms with van der Waals surface area (Å²) in [5, 5.41) is 24.6. The van der Waals surface area contributed by atoms with Crippen LogP contribution < -0.4 is 21.7 Å². The molecule has 0 amide bonds. The Bertz CT molecular complexity index is 923. The maximum Gasteiger partial charge on any atom is 0.271 e. The Morgan fingerprint density at radius 1 is 1.40 bits per heavy atom. The van der Waals surface area contributed by atoms with E-state index in [1.807, 2.05) is 0 Å². The number of hydrogen-bond acceptors (Lipinski definition) is 4. The van der Waals surface area contributed by atoms with E-state index in [0.29, 0.717) is 10.9 Å². The van der Waals surface area contributed by atoms with Gasteiger partial charge in [-0.2, -0.15) is 5.26 Å². The van der Waals surface area contributed by atoms with Gasteiger partial charge >= 0.3 is 0 Å². The van der Waals surface area contributed by atoms with E-state index >= 15 is 0 Å². The maximum absolute atomic E-state index is 11.8. The van der Waals surface area contributed by atoms with Gasteiger partial charge in [-0.3, -0.25) is 24.4 Å². The van der Waals surface area contributed by atoms with Crippen molar-refractivity contribution in [2.75, 3.05) is 0 Å². The lowest BCUT2D eigenvalue weighted by Gasteiger charge is -2.09. The average Bonchev–Trinajstić information content (AvgIpc) is 2.73. The van der Waals surface area contributed by atoms with Crippen molar-refractivity contribution >= 4 is 12.7 Å². The van der Waals surface area contributed by atoms with Crippen molar-refractivity contribution in [3.8, 4) is 11.9 Å². The van der Waals surface area contributed by atoms with E-state index < -0.39 is 11.1 Å². The largest absolute Gasteiger partial charge is 0.494 e. The normalized spacial score (nSPS) is 11.6. The molecule has 3 N–H and O–H groups in total. The molecule has 0 aliphatic carbocycles. The number of rotatable bonds is 1. The summed E-state index contributed by atoms with van der Waals surface area (Å²) in [7, 11) is 1.35. The number of aromatic hydroxyl groups is 1. The molecule has 0 saturated carbocycles. The number of pyridine rings is 1. The molecule has 2 aromatic heterocycles. The maximum atomic E-state index is 11.8. The van der Waals surface area contributed by atoms with E-state index in [-0.39, 0.29) is 22.2 Å². The molecule has 0 aliphatic heterocycles. The van der Waals surface area contributed by atoms with Crippen LogP contribution in [0.25, 0.3) is 12.7 Å². The van der Waals surface area contributed by atoms with E-state index in [9.17, 15) is 14.7 Å². The molecule has 0 saturated heterocycles. The van der Waals surface area contributed by atoms with Gasteiger partial charge in [0.15, 0.2) is 0 Å². The molecule has 102 valence electrons. The molecule has 0 aliphatic rings. The van der Waals surface area contributed by atoms with Gasteiger partial charge < -0.3 is 5.11 Å². The molecule has 0 aromatic carbocycles. The van der Waals surface area contributed by atoms with Crippen molar-refractivity contribution < 1.29 is 5.11 Å². The Balaban J connectivity index is 2.99. The minimum absolute atomic E-state index is 0.0749. The highest BCUT2D eigenvalue weighted by atomic mass is 16.3. The molecule has 2 rings (SSSR count). The van der Waals surface area contributed by atoms with E-state index in [0.717, 1.165) is 4.57 Å². The van der Waals surface area contributed by atoms with Crippen LogP contribution in [-0.2, 0) is 7.05 Å². The number of aromatic nitrogens is 3. The fraction of sp³-hybridized carbons (Fsp3) is 0.154. The third-order valence-electron chi connectivity index (χ3n) is 3.15. The molecule has 0 unspecified atom stereocenters. The summed E-state index contributed by atoms with van der Waals surface area (Å²) >= 11 is 0. The van der Waals surface area contributed by atoms with Crippen LogP contribution in [0.3, 0.4) is 0 Å². The number of H-pyrrole nitrogens is 2. The van der Waals surface area contributed by atoms with Gasteiger partial charge in [0.1, 0.15) is 11.6 Å². The smallest absolute Gasteiger partial charge is 0.271 e. The first-order valence-electron chi connectivity index (χ1n) is 5.68. The predicted molar refractivity (Wildman–Crippen MR) is 72.6 cm³/mol. The molecular weight excluding hydrogens is 260 g/mol. The number of hydrogen-bond donors (Lipinski definition) is 3. The zero-order valence-electron chi connectivity index (χ0n) is 10.9. The molecule has 0 radical (unpaired) electrons. The van der Waals surface area contributed by atoms with Crippen LogP contribution in [0.4, 0.5) is 0 Å². The van der Waals surface area contributed by atoms with Crippen LogP contribution in [-0.4, -0.2) is 19.9 Å². The Labute approximate surface area is 112 Å². The first kappa shape index (κ1) is 13.4. The summed E-state index contributed by atoms with van der Waals surface area (Å²) in [6.07, 6.45) is 1.39. The summed E-state index contributed by atoms with van der Waals surface area (Å²) in [5.74, 6) is -0.313. The van der Waals surface area contributed by atoms with Crippen LogP contribution >= 0.6 is 0 Å². The highest BCUT2D eigenvalue weighted by Gasteiger charge is 2.15. The average molecular weight is 272 g/mol. The second-order valence-corrected chi connectivity index (χ2v) is 4.33. The topological polar surface area (TPSA) is 115 Å². The summed E-state index contributed by atoms with van der Waals surface area (Å²) in [6, 6.07) is 1.81. The lowest BCUT2D eigenvalue weighted by molar-refractivity contribution is 0.421. The molecule has 0 fully saturated rings. The van der Waals surface area contributed by atoms with Gasteiger partial charge in [0.25, 0.3) is 11.1 Å². The first-order chi connectivity index (χ1) is 9.38.